The predicted octanol–water partition coefficient (Wildman–Crippen LogP) is 6.15. The van der Waals surface area contributed by atoms with Crippen molar-refractivity contribution in [1.82, 2.24) is 10.2 Å². The molecular formula is C32H31ClN2O2. The minimum atomic E-state index is -0.681. The van der Waals surface area contributed by atoms with Gasteiger partial charge in [-0.15, -0.1) is 0 Å². The van der Waals surface area contributed by atoms with E-state index in [1.54, 1.807) is 17.0 Å². The maximum atomic E-state index is 13.8. The minimum Gasteiger partial charge on any atom is -0.350 e. The molecule has 2 amide bonds. The number of rotatable bonds is 10. The molecule has 5 heteroatoms. The molecule has 0 aliphatic carbocycles. The molecule has 1 N–H and O–H groups in total. The number of amides is 2. The summed E-state index contributed by atoms with van der Waals surface area (Å²) in [5, 5.41) is 3.71. The van der Waals surface area contributed by atoms with Gasteiger partial charge in [0.05, 0.1) is 6.42 Å². The summed E-state index contributed by atoms with van der Waals surface area (Å²) in [6.07, 6.45) is 0.625. The van der Waals surface area contributed by atoms with Gasteiger partial charge < -0.3 is 10.2 Å². The van der Waals surface area contributed by atoms with E-state index in [9.17, 15) is 9.59 Å². The van der Waals surface area contributed by atoms with Gasteiger partial charge in [-0.25, -0.2) is 0 Å². The highest BCUT2D eigenvalue weighted by atomic mass is 35.5. The number of hydrogen-bond donors (Lipinski definition) is 1. The van der Waals surface area contributed by atoms with E-state index in [2.05, 4.69) is 5.32 Å². The summed E-state index contributed by atoms with van der Waals surface area (Å²) in [5.41, 5.74) is 4.99. The zero-order valence-electron chi connectivity index (χ0n) is 20.9. The third-order valence-corrected chi connectivity index (χ3v) is 6.57. The molecule has 1 unspecified atom stereocenters. The Labute approximate surface area is 223 Å². The molecule has 1 atom stereocenters. The topological polar surface area (TPSA) is 49.4 Å². The van der Waals surface area contributed by atoms with E-state index >= 15 is 0 Å². The third-order valence-electron chi connectivity index (χ3n) is 6.32. The van der Waals surface area contributed by atoms with E-state index in [0.717, 1.165) is 27.8 Å². The molecule has 4 aromatic carbocycles. The number of nitrogens with one attached hydrogen (secondary N) is 1. The van der Waals surface area contributed by atoms with Crippen LogP contribution >= 0.6 is 11.6 Å². The second kappa shape index (κ2) is 12.9. The molecule has 0 heterocycles. The fourth-order valence-electron chi connectivity index (χ4n) is 4.23. The number of nitrogens with zero attached hydrogens (tertiary/aromatic N) is 1. The standard InChI is InChI=1S/C32H31ClN2O2/c1-24-12-14-27(15-13-24)22-34-32(37)30(20-25-8-4-2-5-9-25)35(23-28-16-18-29(33)19-17-28)31(36)21-26-10-6-3-7-11-26/h2-19,30H,20-23H2,1H3,(H,34,37). The molecule has 0 aliphatic rings. The molecule has 188 valence electrons. The first-order valence-corrected chi connectivity index (χ1v) is 12.8. The highest BCUT2D eigenvalue weighted by Crippen LogP contribution is 2.18. The smallest absolute Gasteiger partial charge is 0.243 e. The first kappa shape index (κ1) is 26.2. The van der Waals surface area contributed by atoms with E-state index in [1.165, 1.54) is 0 Å². The highest BCUT2D eigenvalue weighted by Gasteiger charge is 2.30. The van der Waals surface area contributed by atoms with E-state index < -0.39 is 6.04 Å². The highest BCUT2D eigenvalue weighted by molar-refractivity contribution is 6.30. The average molecular weight is 511 g/mol. The van der Waals surface area contributed by atoms with Crippen LogP contribution in [0.1, 0.15) is 27.8 Å². The van der Waals surface area contributed by atoms with Crippen LogP contribution in [0.2, 0.25) is 5.02 Å². The maximum Gasteiger partial charge on any atom is 0.243 e. The van der Waals surface area contributed by atoms with E-state index in [0.29, 0.717) is 24.5 Å². The zero-order chi connectivity index (χ0) is 26.0. The molecule has 0 saturated carbocycles. The van der Waals surface area contributed by atoms with E-state index in [4.69, 9.17) is 11.6 Å². The van der Waals surface area contributed by atoms with Gasteiger partial charge in [-0.05, 0) is 41.3 Å². The SMILES string of the molecule is Cc1ccc(CNC(=O)C(Cc2ccccc2)N(Cc2ccc(Cl)cc2)C(=O)Cc2ccccc2)cc1. The Morgan fingerprint density at radius 3 is 1.92 bits per heavy atom. The lowest BCUT2D eigenvalue weighted by Crippen LogP contribution is -2.50. The van der Waals surface area contributed by atoms with Crippen molar-refractivity contribution in [1.29, 1.82) is 0 Å². The van der Waals surface area contributed by atoms with Gasteiger partial charge in [0.2, 0.25) is 11.8 Å². The third kappa shape index (κ3) is 7.80. The van der Waals surface area contributed by atoms with Crippen LogP contribution in [0.5, 0.6) is 0 Å². The fraction of sp³-hybridized carbons (Fsp3) is 0.188. The molecular weight excluding hydrogens is 480 g/mol. The summed E-state index contributed by atoms with van der Waals surface area (Å²) in [6.45, 7) is 2.73. The molecule has 4 nitrogen and oxygen atoms in total. The molecule has 0 fully saturated rings. The van der Waals surface area contributed by atoms with Gasteiger partial charge in [-0.1, -0.05) is 114 Å². The molecule has 0 aromatic heterocycles. The van der Waals surface area contributed by atoms with E-state index in [-0.39, 0.29) is 18.2 Å². The molecule has 0 bridgehead atoms. The van der Waals surface area contributed by atoms with Gasteiger partial charge in [-0.2, -0.15) is 0 Å². The first-order valence-electron chi connectivity index (χ1n) is 12.4. The lowest BCUT2D eigenvalue weighted by molar-refractivity contribution is -0.140. The summed E-state index contributed by atoms with van der Waals surface area (Å²) in [6, 6.07) is 34.2. The van der Waals surface area contributed by atoms with Crippen LogP contribution in [0.3, 0.4) is 0 Å². The Morgan fingerprint density at radius 1 is 0.730 bits per heavy atom. The van der Waals surface area contributed by atoms with Gasteiger partial charge in [0.1, 0.15) is 6.04 Å². The van der Waals surface area contributed by atoms with Crippen molar-refractivity contribution < 1.29 is 9.59 Å². The average Bonchev–Trinajstić information content (AvgIpc) is 2.92. The maximum absolute atomic E-state index is 13.8. The molecule has 4 aromatic rings. The largest absolute Gasteiger partial charge is 0.350 e. The van der Waals surface area contributed by atoms with Crippen molar-refractivity contribution in [2.45, 2.75) is 38.9 Å². The summed E-state index contributed by atoms with van der Waals surface area (Å²) < 4.78 is 0. The quantitative estimate of drug-likeness (QED) is 0.278. The van der Waals surface area contributed by atoms with Gasteiger partial charge in [-0.3, -0.25) is 9.59 Å². The summed E-state index contributed by atoms with van der Waals surface area (Å²) in [4.78, 5) is 29.2. The Bertz CT molecular complexity index is 1290. The molecule has 0 saturated heterocycles. The second-order valence-corrected chi connectivity index (χ2v) is 9.66. The van der Waals surface area contributed by atoms with Crippen LogP contribution in [0, 0.1) is 6.92 Å². The number of carbonyl (C=O) groups is 2. The van der Waals surface area contributed by atoms with Crippen molar-refractivity contribution >= 4 is 23.4 Å². The number of aryl methyl sites for hydroxylation is 1. The van der Waals surface area contributed by atoms with Crippen LogP contribution in [0.4, 0.5) is 0 Å². The normalized spacial score (nSPS) is 11.5. The summed E-state index contributed by atoms with van der Waals surface area (Å²) in [5.74, 6) is -0.285. The van der Waals surface area contributed by atoms with Crippen LogP contribution in [-0.4, -0.2) is 22.8 Å². The fourth-order valence-corrected chi connectivity index (χ4v) is 4.35. The molecule has 0 radical (unpaired) electrons. The predicted molar refractivity (Wildman–Crippen MR) is 149 cm³/mol. The van der Waals surface area contributed by atoms with Crippen LogP contribution in [-0.2, 0) is 35.5 Å². The van der Waals surface area contributed by atoms with E-state index in [1.807, 2.05) is 104 Å². The van der Waals surface area contributed by atoms with Crippen molar-refractivity contribution in [3.63, 3.8) is 0 Å². The Balaban J connectivity index is 1.63. The van der Waals surface area contributed by atoms with Gasteiger partial charge >= 0.3 is 0 Å². The van der Waals surface area contributed by atoms with Gasteiger partial charge in [0.25, 0.3) is 0 Å². The van der Waals surface area contributed by atoms with Crippen molar-refractivity contribution in [2.24, 2.45) is 0 Å². The van der Waals surface area contributed by atoms with Crippen molar-refractivity contribution in [2.75, 3.05) is 0 Å². The Hall–Kier alpha value is -3.89. The van der Waals surface area contributed by atoms with Gasteiger partial charge in [0.15, 0.2) is 0 Å². The Morgan fingerprint density at radius 2 is 1.30 bits per heavy atom. The lowest BCUT2D eigenvalue weighted by atomic mass is 10.0. The first-order chi connectivity index (χ1) is 18.0. The molecule has 0 aliphatic heterocycles. The summed E-state index contributed by atoms with van der Waals surface area (Å²) >= 11 is 6.10. The molecule has 4 rings (SSSR count). The minimum absolute atomic E-state index is 0.104. The van der Waals surface area contributed by atoms with Crippen LogP contribution < -0.4 is 5.32 Å². The molecule has 37 heavy (non-hydrogen) atoms. The number of carbonyl (C=O) groups excluding carboxylic acids is 2. The Kier molecular flexibility index (Phi) is 9.12. The molecule has 0 spiro atoms. The zero-order valence-corrected chi connectivity index (χ0v) is 21.7. The van der Waals surface area contributed by atoms with Gasteiger partial charge in [0, 0.05) is 24.5 Å². The summed E-state index contributed by atoms with van der Waals surface area (Å²) in [7, 11) is 0. The monoisotopic (exact) mass is 510 g/mol. The van der Waals surface area contributed by atoms with Crippen molar-refractivity contribution in [3.8, 4) is 0 Å². The van der Waals surface area contributed by atoms with Crippen LogP contribution in [0.25, 0.3) is 0 Å². The second-order valence-electron chi connectivity index (χ2n) is 9.22. The van der Waals surface area contributed by atoms with Crippen LogP contribution in [0.15, 0.2) is 109 Å². The number of halogens is 1. The number of benzene rings is 4. The number of hydrogen-bond acceptors (Lipinski definition) is 2. The van der Waals surface area contributed by atoms with Crippen molar-refractivity contribution in [3.05, 3.63) is 142 Å². The lowest BCUT2D eigenvalue weighted by Gasteiger charge is -2.32.